The molecule has 128 valence electrons. The second-order valence-corrected chi connectivity index (χ2v) is 5.68. The zero-order valence-electron chi connectivity index (χ0n) is 14.1. The van der Waals surface area contributed by atoms with Gasteiger partial charge in [0.25, 0.3) is 0 Å². The van der Waals surface area contributed by atoms with Crippen molar-refractivity contribution in [3.05, 3.63) is 60.7 Å². The lowest BCUT2D eigenvalue weighted by atomic mass is 10.1. The smallest absolute Gasteiger partial charge is 0.313 e. The molecule has 2 aromatic rings. The molecule has 1 N–H and O–H groups in total. The molecule has 0 saturated heterocycles. The number of benzene rings is 2. The first kappa shape index (κ1) is 18.0. The minimum absolute atomic E-state index is 0.235. The molecule has 4 nitrogen and oxygen atoms in total. The zero-order chi connectivity index (χ0) is 17.2. The van der Waals surface area contributed by atoms with Gasteiger partial charge < -0.3 is 14.7 Å². The predicted molar refractivity (Wildman–Crippen MR) is 96.3 cm³/mol. The van der Waals surface area contributed by atoms with Crippen molar-refractivity contribution in [3.8, 4) is 0 Å². The van der Waals surface area contributed by atoms with Crippen molar-refractivity contribution in [1.29, 1.82) is 0 Å². The first-order valence-corrected chi connectivity index (χ1v) is 8.41. The van der Waals surface area contributed by atoms with Crippen LogP contribution in [0, 0.1) is 5.92 Å². The lowest BCUT2D eigenvalue weighted by molar-refractivity contribution is -0.149. The van der Waals surface area contributed by atoms with Gasteiger partial charge in [0.05, 0.1) is 19.1 Å². The predicted octanol–water partition coefficient (Wildman–Crippen LogP) is 3.78. The van der Waals surface area contributed by atoms with Gasteiger partial charge >= 0.3 is 5.97 Å². The molecular formula is C20H25NO3. The molecule has 2 aromatic carbocycles. The van der Waals surface area contributed by atoms with Crippen LogP contribution in [0.4, 0.5) is 11.4 Å². The van der Waals surface area contributed by atoms with E-state index >= 15 is 0 Å². The third kappa shape index (κ3) is 5.10. The molecule has 0 aromatic heterocycles. The summed E-state index contributed by atoms with van der Waals surface area (Å²) in [4.78, 5) is 14.3. The molecule has 2 rings (SSSR count). The van der Waals surface area contributed by atoms with E-state index in [-0.39, 0.29) is 12.6 Å². The fraction of sp³-hybridized carbons (Fsp3) is 0.350. The van der Waals surface area contributed by atoms with Crippen LogP contribution in [0.2, 0.25) is 0 Å². The van der Waals surface area contributed by atoms with Gasteiger partial charge in [-0.15, -0.1) is 0 Å². The summed E-state index contributed by atoms with van der Waals surface area (Å²) < 4.78 is 5.28. The summed E-state index contributed by atoms with van der Waals surface area (Å²) in [7, 11) is 0. The van der Waals surface area contributed by atoms with E-state index in [1.165, 1.54) is 0 Å². The number of anilines is 2. The van der Waals surface area contributed by atoms with Crippen LogP contribution in [-0.4, -0.2) is 30.8 Å². The molecule has 0 aliphatic carbocycles. The Bertz CT molecular complexity index is 561. The van der Waals surface area contributed by atoms with Crippen LogP contribution in [0.25, 0.3) is 0 Å². The molecule has 0 fully saturated rings. The Labute approximate surface area is 143 Å². The van der Waals surface area contributed by atoms with E-state index in [0.29, 0.717) is 13.2 Å². The normalized spacial score (nSPS) is 11.8. The minimum atomic E-state index is -0.581. The van der Waals surface area contributed by atoms with E-state index in [4.69, 9.17) is 4.74 Å². The van der Waals surface area contributed by atoms with Gasteiger partial charge in [-0.05, 0) is 30.7 Å². The van der Waals surface area contributed by atoms with Crippen molar-refractivity contribution < 1.29 is 14.6 Å². The molecule has 1 unspecified atom stereocenters. The highest BCUT2D eigenvalue weighted by Crippen LogP contribution is 2.26. The Balaban J connectivity index is 2.16. The fourth-order valence-electron chi connectivity index (χ4n) is 2.44. The van der Waals surface area contributed by atoms with Crippen molar-refractivity contribution in [3.63, 3.8) is 0 Å². The minimum Gasteiger partial charge on any atom is -0.465 e. The molecule has 1 atom stereocenters. The Kier molecular flexibility index (Phi) is 7.30. The first-order valence-electron chi connectivity index (χ1n) is 8.41. The van der Waals surface area contributed by atoms with Crippen molar-refractivity contribution in [2.45, 2.75) is 19.8 Å². The molecule has 0 heterocycles. The van der Waals surface area contributed by atoms with Crippen molar-refractivity contribution in [2.24, 2.45) is 5.92 Å². The molecule has 0 aliphatic heterocycles. The highest BCUT2D eigenvalue weighted by atomic mass is 16.5. The number of aliphatic hydroxyl groups excluding tert-OH is 1. The summed E-state index contributed by atoms with van der Waals surface area (Å²) in [5, 5.41) is 9.67. The maximum absolute atomic E-state index is 12.2. The number of hydrogen-bond donors (Lipinski definition) is 1. The van der Waals surface area contributed by atoms with Crippen LogP contribution >= 0.6 is 0 Å². The first-order chi connectivity index (χ1) is 11.8. The Morgan fingerprint density at radius 2 is 1.58 bits per heavy atom. The van der Waals surface area contributed by atoms with Gasteiger partial charge in [-0.1, -0.05) is 49.7 Å². The molecule has 0 bridgehead atoms. The van der Waals surface area contributed by atoms with Crippen LogP contribution in [0.15, 0.2) is 60.7 Å². The lowest BCUT2D eigenvalue weighted by Crippen LogP contribution is -2.33. The number of nitrogens with zero attached hydrogens (tertiary/aromatic N) is 1. The van der Waals surface area contributed by atoms with Crippen LogP contribution in [0.1, 0.15) is 19.8 Å². The topological polar surface area (TPSA) is 49.8 Å². The van der Waals surface area contributed by atoms with Crippen LogP contribution in [0.3, 0.4) is 0 Å². The Morgan fingerprint density at radius 3 is 2.04 bits per heavy atom. The van der Waals surface area contributed by atoms with Gasteiger partial charge in [-0.3, -0.25) is 4.79 Å². The van der Waals surface area contributed by atoms with E-state index in [0.717, 1.165) is 24.2 Å². The number of para-hydroxylation sites is 2. The van der Waals surface area contributed by atoms with Gasteiger partial charge in [0.1, 0.15) is 0 Å². The number of ether oxygens (including phenoxy) is 1. The third-order valence-corrected chi connectivity index (χ3v) is 3.83. The van der Waals surface area contributed by atoms with E-state index in [9.17, 15) is 9.90 Å². The number of rotatable bonds is 9. The quantitative estimate of drug-likeness (QED) is 0.562. The maximum Gasteiger partial charge on any atom is 0.313 e. The van der Waals surface area contributed by atoms with Gasteiger partial charge in [-0.2, -0.15) is 0 Å². The number of unbranched alkanes of at least 4 members (excludes halogenated alkanes) is 1. The van der Waals surface area contributed by atoms with E-state index in [1.807, 2.05) is 72.5 Å². The number of hydrogen-bond acceptors (Lipinski definition) is 4. The Morgan fingerprint density at radius 1 is 1.04 bits per heavy atom. The van der Waals surface area contributed by atoms with Crippen molar-refractivity contribution in [2.75, 3.05) is 24.7 Å². The maximum atomic E-state index is 12.2. The van der Waals surface area contributed by atoms with E-state index in [1.54, 1.807) is 0 Å². The summed E-state index contributed by atoms with van der Waals surface area (Å²) in [5.74, 6) is -0.926. The summed E-state index contributed by atoms with van der Waals surface area (Å²) in [6, 6.07) is 19.7. The number of carbonyl (C=O) groups excluding carboxylic acids is 1. The molecule has 0 aliphatic rings. The zero-order valence-corrected chi connectivity index (χ0v) is 14.1. The summed E-state index contributed by atoms with van der Waals surface area (Å²) >= 11 is 0. The van der Waals surface area contributed by atoms with Crippen molar-refractivity contribution in [1.82, 2.24) is 0 Å². The van der Waals surface area contributed by atoms with Crippen LogP contribution < -0.4 is 4.90 Å². The molecule has 24 heavy (non-hydrogen) atoms. The average Bonchev–Trinajstić information content (AvgIpc) is 2.64. The number of aliphatic hydroxyl groups is 1. The highest BCUT2D eigenvalue weighted by molar-refractivity contribution is 5.75. The van der Waals surface area contributed by atoms with Crippen LogP contribution in [0.5, 0.6) is 0 Å². The van der Waals surface area contributed by atoms with Gasteiger partial charge in [-0.25, -0.2) is 0 Å². The monoisotopic (exact) mass is 327 g/mol. The molecule has 0 radical (unpaired) electrons. The molecule has 4 heteroatoms. The number of carbonyl (C=O) groups is 1. The SMILES string of the molecule is CCCCOC(=O)C(CO)CN(c1ccccc1)c1ccccc1. The largest absolute Gasteiger partial charge is 0.465 e. The molecule has 0 saturated carbocycles. The fourth-order valence-corrected chi connectivity index (χ4v) is 2.44. The standard InChI is InChI=1S/C20H25NO3/c1-2-3-14-24-20(23)17(16-22)15-21(18-10-6-4-7-11-18)19-12-8-5-9-13-19/h4-13,17,22H,2-3,14-16H2,1H3. The second-order valence-electron chi connectivity index (χ2n) is 5.68. The lowest BCUT2D eigenvalue weighted by Gasteiger charge is -2.28. The van der Waals surface area contributed by atoms with Crippen molar-refractivity contribution >= 4 is 17.3 Å². The molecule has 0 spiro atoms. The van der Waals surface area contributed by atoms with Gasteiger partial charge in [0.15, 0.2) is 0 Å². The summed E-state index contributed by atoms with van der Waals surface area (Å²) in [6.45, 7) is 2.59. The molecule has 0 amide bonds. The molecular weight excluding hydrogens is 302 g/mol. The van der Waals surface area contributed by atoms with Crippen LogP contribution in [-0.2, 0) is 9.53 Å². The van der Waals surface area contributed by atoms with E-state index in [2.05, 4.69) is 0 Å². The van der Waals surface area contributed by atoms with Gasteiger partial charge in [0.2, 0.25) is 0 Å². The summed E-state index contributed by atoms with van der Waals surface area (Å²) in [5.41, 5.74) is 1.95. The average molecular weight is 327 g/mol. The second kappa shape index (κ2) is 9.73. The number of esters is 1. The third-order valence-electron chi connectivity index (χ3n) is 3.83. The summed E-state index contributed by atoms with van der Waals surface area (Å²) in [6.07, 6.45) is 1.81. The highest BCUT2D eigenvalue weighted by Gasteiger charge is 2.23. The van der Waals surface area contributed by atoms with E-state index < -0.39 is 5.92 Å². The van der Waals surface area contributed by atoms with Gasteiger partial charge in [0, 0.05) is 17.9 Å². The Hall–Kier alpha value is -2.33.